The normalized spacial score (nSPS) is 23.1. The molecular formula is C11H13FN2O2. The van der Waals surface area contributed by atoms with Crippen LogP contribution >= 0.6 is 0 Å². The van der Waals surface area contributed by atoms with E-state index in [1.807, 2.05) is 0 Å². The smallest absolute Gasteiger partial charge is 0.304 e. The van der Waals surface area contributed by atoms with E-state index >= 15 is 0 Å². The molecule has 0 amide bonds. The number of nitrogens with one attached hydrogen (secondary N) is 1. The third-order valence-corrected chi connectivity index (χ3v) is 2.89. The van der Waals surface area contributed by atoms with Crippen LogP contribution in [0.5, 0.6) is 0 Å². The first-order valence-electron chi connectivity index (χ1n) is 5.24. The predicted molar refractivity (Wildman–Crippen MR) is 57.5 cm³/mol. The van der Waals surface area contributed by atoms with Crippen LogP contribution in [-0.2, 0) is 6.54 Å². The number of nitro groups is 1. The number of hydrogen-bond acceptors (Lipinski definition) is 3. The van der Waals surface area contributed by atoms with E-state index in [9.17, 15) is 14.5 Å². The summed E-state index contributed by atoms with van der Waals surface area (Å²) in [4.78, 5) is 9.69. The Kier molecular flexibility index (Phi) is 2.87. The van der Waals surface area contributed by atoms with Gasteiger partial charge in [-0.05, 0) is 24.0 Å². The molecule has 5 heteroatoms. The van der Waals surface area contributed by atoms with Crippen molar-refractivity contribution in [2.24, 2.45) is 5.92 Å². The number of benzene rings is 1. The molecule has 86 valence electrons. The van der Waals surface area contributed by atoms with Gasteiger partial charge >= 0.3 is 5.69 Å². The first kappa shape index (κ1) is 11.0. The van der Waals surface area contributed by atoms with Crippen LogP contribution in [0.25, 0.3) is 0 Å². The molecule has 1 aliphatic carbocycles. The molecule has 1 aliphatic rings. The molecule has 2 rings (SSSR count). The summed E-state index contributed by atoms with van der Waals surface area (Å²) in [5.74, 6) is -0.0870. The Morgan fingerprint density at radius 2 is 2.31 bits per heavy atom. The van der Waals surface area contributed by atoms with Gasteiger partial charge in [0.15, 0.2) is 0 Å². The second-order valence-corrected chi connectivity index (χ2v) is 4.24. The lowest BCUT2D eigenvalue weighted by Crippen LogP contribution is -2.17. The first-order valence-corrected chi connectivity index (χ1v) is 5.24. The molecule has 1 fully saturated rings. The van der Waals surface area contributed by atoms with Crippen molar-refractivity contribution in [1.82, 2.24) is 5.32 Å². The number of nitrogens with zero attached hydrogens (tertiary/aromatic N) is 1. The predicted octanol–water partition coefficient (Wildman–Crippen LogP) is 2.23. The average molecular weight is 224 g/mol. The Morgan fingerprint density at radius 3 is 2.81 bits per heavy atom. The molecule has 4 nitrogen and oxygen atoms in total. The van der Waals surface area contributed by atoms with Gasteiger partial charge in [0.05, 0.1) is 4.92 Å². The van der Waals surface area contributed by atoms with E-state index in [4.69, 9.17) is 0 Å². The van der Waals surface area contributed by atoms with Crippen LogP contribution in [0.4, 0.5) is 10.1 Å². The highest BCUT2D eigenvalue weighted by atomic mass is 19.1. The Hall–Kier alpha value is -1.49. The lowest BCUT2D eigenvalue weighted by molar-refractivity contribution is -0.387. The second-order valence-electron chi connectivity index (χ2n) is 4.24. The van der Waals surface area contributed by atoms with Crippen molar-refractivity contribution < 1.29 is 9.31 Å². The Morgan fingerprint density at radius 1 is 1.62 bits per heavy atom. The third kappa shape index (κ3) is 2.36. The highest BCUT2D eigenvalue weighted by molar-refractivity contribution is 5.35. The summed E-state index contributed by atoms with van der Waals surface area (Å²) < 4.78 is 13.2. The molecule has 1 aromatic carbocycles. The molecule has 1 N–H and O–H groups in total. The lowest BCUT2D eigenvalue weighted by Gasteiger charge is -2.03. The van der Waals surface area contributed by atoms with Crippen LogP contribution in [-0.4, -0.2) is 11.0 Å². The molecule has 0 radical (unpaired) electrons. The van der Waals surface area contributed by atoms with Gasteiger partial charge in [-0.25, -0.2) is 0 Å². The van der Waals surface area contributed by atoms with Crippen molar-refractivity contribution in [3.05, 3.63) is 39.7 Å². The van der Waals surface area contributed by atoms with Crippen molar-refractivity contribution in [3.8, 4) is 0 Å². The van der Waals surface area contributed by atoms with Gasteiger partial charge in [0, 0.05) is 18.7 Å². The monoisotopic (exact) mass is 224 g/mol. The maximum atomic E-state index is 13.2. The van der Waals surface area contributed by atoms with Crippen LogP contribution < -0.4 is 5.32 Å². The number of hydrogen-bond donors (Lipinski definition) is 1. The van der Waals surface area contributed by atoms with E-state index in [1.54, 1.807) is 6.07 Å². The topological polar surface area (TPSA) is 55.2 Å². The van der Waals surface area contributed by atoms with E-state index in [2.05, 4.69) is 12.2 Å². The maximum absolute atomic E-state index is 13.2. The number of nitro benzene ring substituents is 1. The molecule has 0 aliphatic heterocycles. The largest absolute Gasteiger partial charge is 0.310 e. The zero-order chi connectivity index (χ0) is 11.7. The van der Waals surface area contributed by atoms with Crippen molar-refractivity contribution in [2.45, 2.75) is 25.9 Å². The van der Waals surface area contributed by atoms with Gasteiger partial charge in [-0.1, -0.05) is 13.0 Å². The van der Waals surface area contributed by atoms with Gasteiger partial charge in [0.2, 0.25) is 5.82 Å². The summed E-state index contributed by atoms with van der Waals surface area (Å²) in [7, 11) is 0. The van der Waals surface area contributed by atoms with Crippen molar-refractivity contribution in [2.75, 3.05) is 0 Å². The molecule has 0 heterocycles. The van der Waals surface area contributed by atoms with Gasteiger partial charge in [-0.2, -0.15) is 4.39 Å². The quantitative estimate of drug-likeness (QED) is 0.630. The van der Waals surface area contributed by atoms with E-state index in [-0.39, 0.29) is 0 Å². The molecule has 2 unspecified atom stereocenters. The minimum Gasteiger partial charge on any atom is -0.310 e. The zero-order valence-corrected chi connectivity index (χ0v) is 8.94. The average Bonchev–Trinajstić information content (AvgIpc) is 2.91. The van der Waals surface area contributed by atoms with Gasteiger partial charge in [-0.3, -0.25) is 10.1 Å². The van der Waals surface area contributed by atoms with Gasteiger partial charge in [0.1, 0.15) is 0 Å². The molecule has 0 aromatic heterocycles. The summed E-state index contributed by atoms with van der Waals surface area (Å²) in [6.07, 6.45) is 1.15. The summed E-state index contributed by atoms with van der Waals surface area (Å²) in [5, 5.41) is 13.7. The summed E-state index contributed by atoms with van der Waals surface area (Å²) in [6, 6.07) is 4.53. The summed E-state index contributed by atoms with van der Waals surface area (Å²) in [6.45, 7) is 2.71. The molecule has 2 atom stereocenters. The minimum absolute atomic E-state index is 0.469. The molecule has 1 aromatic rings. The number of halogens is 1. The standard InChI is InChI=1S/C11H13FN2O2/c1-7-4-10(7)13-6-8-2-3-11(14(15)16)9(12)5-8/h2-3,5,7,10,13H,4,6H2,1H3. The zero-order valence-electron chi connectivity index (χ0n) is 8.94. The molecule has 16 heavy (non-hydrogen) atoms. The minimum atomic E-state index is -0.770. The Bertz CT molecular complexity index is 422. The van der Waals surface area contributed by atoms with Crippen LogP contribution in [0.2, 0.25) is 0 Å². The highest BCUT2D eigenvalue weighted by Gasteiger charge is 2.31. The summed E-state index contributed by atoms with van der Waals surface area (Å²) in [5.41, 5.74) is 0.269. The van der Waals surface area contributed by atoms with E-state index in [1.165, 1.54) is 12.1 Å². The SMILES string of the molecule is CC1CC1NCc1ccc([N+](=O)[O-])c(F)c1. The molecule has 0 spiro atoms. The number of rotatable bonds is 4. The maximum Gasteiger partial charge on any atom is 0.304 e. The van der Waals surface area contributed by atoms with Crippen molar-refractivity contribution >= 4 is 5.69 Å². The second kappa shape index (κ2) is 4.17. The van der Waals surface area contributed by atoms with Crippen LogP contribution in [0.3, 0.4) is 0 Å². The fourth-order valence-corrected chi connectivity index (χ4v) is 1.66. The van der Waals surface area contributed by atoms with E-state index in [0.29, 0.717) is 18.5 Å². The Labute approximate surface area is 92.6 Å². The van der Waals surface area contributed by atoms with Gasteiger partial charge in [0.25, 0.3) is 0 Å². The van der Waals surface area contributed by atoms with Crippen LogP contribution in [0.15, 0.2) is 18.2 Å². The van der Waals surface area contributed by atoms with Crippen LogP contribution in [0.1, 0.15) is 18.9 Å². The molecule has 1 saturated carbocycles. The molecule has 0 bridgehead atoms. The molecular weight excluding hydrogens is 211 g/mol. The van der Waals surface area contributed by atoms with Gasteiger partial charge < -0.3 is 5.32 Å². The lowest BCUT2D eigenvalue weighted by atomic mass is 10.2. The van der Waals surface area contributed by atoms with Gasteiger partial charge in [-0.15, -0.1) is 0 Å². The van der Waals surface area contributed by atoms with Crippen LogP contribution in [0, 0.1) is 21.8 Å². The third-order valence-electron chi connectivity index (χ3n) is 2.89. The fourth-order valence-electron chi connectivity index (χ4n) is 1.66. The van der Waals surface area contributed by atoms with Crippen molar-refractivity contribution in [3.63, 3.8) is 0 Å². The molecule has 0 saturated heterocycles. The van der Waals surface area contributed by atoms with E-state index < -0.39 is 16.4 Å². The Balaban J connectivity index is 2.00. The van der Waals surface area contributed by atoms with E-state index in [0.717, 1.165) is 12.0 Å². The van der Waals surface area contributed by atoms with Crippen molar-refractivity contribution in [1.29, 1.82) is 0 Å². The summed E-state index contributed by atoms with van der Waals surface area (Å²) >= 11 is 0. The highest BCUT2D eigenvalue weighted by Crippen LogP contribution is 2.29. The first-order chi connectivity index (χ1) is 7.58. The fraction of sp³-hybridized carbons (Fsp3) is 0.455.